The Morgan fingerprint density at radius 1 is 1.09 bits per heavy atom. The van der Waals surface area contributed by atoms with Crippen molar-refractivity contribution in [2.45, 2.75) is 39.8 Å². The molecule has 2 N–H and O–H groups in total. The number of quaternary nitrogens is 1. The quantitative estimate of drug-likeness (QED) is 0.465. The molecule has 0 aliphatic rings. The standard InChI is InChI=1S/C6H15N.NO3/c1-5(2)7-6(3)4;2-1(3)4/h5-7H,1-4H3;/q;-1/p+1. The van der Waals surface area contributed by atoms with Crippen molar-refractivity contribution < 1.29 is 10.4 Å². The first-order valence-electron chi connectivity index (χ1n) is 3.52. The molecule has 68 valence electrons. The molecule has 0 atom stereocenters. The first-order chi connectivity index (χ1) is 4.86. The Hall–Kier alpha value is -0.840. The Bertz CT molecular complexity index is 94.0. The average Bonchev–Trinajstić information content (AvgIpc) is 1.56. The summed E-state index contributed by atoms with van der Waals surface area (Å²) in [6.45, 7) is 8.83. The van der Waals surface area contributed by atoms with E-state index in [4.69, 9.17) is 15.3 Å². The predicted octanol–water partition coefficient (Wildman–Crippen LogP) is 0.127. The van der Waals surface area contributed by atoms with Crippen LogP contribution in [0, 0.1) is 15.3 Å². The predicted molar refractivity (Wildman–Crippen MR) is 42.6 cm³/mol. The van der Waals surface area contributed by atoms with Crippen molar-refractivity contribution in [3.8, 4) is 0 Å². The third-order valence-electron chi connectivity index (χ3n) is 0.770. The lowest BCUT2D eigenvalue weighted by Crippen LogP contribution is -2.92. The van der Waals surface area contributed by atoms with Crippen LogP contribution in [0.25, 0.3) is 0 Å². The van der Waals surface area contributed by atoms with Crippen LogP contribution in [-0.2, 0) is 0 Å². The monoisotopic (exact) mass is 164 g/mol. The zero-order valence-electron chi connectivity index (χ0n) is 7.40. The minimum atomic E-state index is -1.75. The molecule has 0 aliphatic carbocycles. The number of hydrogen-bond donors (Lipinski definition) is 1. The summed E-state index contributed by atoms with van der Waals surface area (Å²) in [6.07, 6.45) is 0. The molecule has 0 aromatic carbocycles. The zero-order chi connectivity index (χ0) is 9.44. The van der Waals surface area contributed by atoms with Crippen molar-refractivity contribution in [3.05, 3.63) is 15.3 Å². The second-order valence-electron chi connectivity index (χ2n) is 2.90. The van der Waals surface area contributed by atoms with E-state index in [1.165, 1.54) is 0 Å². The summed E-state index contributed by atoms with van der Waals surface area (Å²) in [6, 6.07) is 1.50. The molecule has 0 heterocycles. The highest BCUT2D eigenvalue weighted by molar-refractivity contribution is 4.31. The normalized spacial score (nSPS) is 9.27. The van der Waals surface area contributed by atoms with Gasteiger partial charge in [-0.05, 0) is 27.7 Å². The fraction of sp³-hybridized carbons (Fsp3) is 1.00. The summed E-state index contributed by atoms with van der Waals surface area (Å²) in [5, 5.41) is 17.1. The third kappa shape index (κ3) is 47.0. The van der Waals surface area contributed by atoms with Crippen LogP contribution in [-0.4, -0.2) is 17.2 Å². The van der Waals surface area contributed by atoms with E-state index in [9.17, 15) is 0 Å². The third-order valence-corrected chi connectivity index (χ3v) is 0.770. The number of nitrogens with zero attached hydrogens (tertiary/aromatic N) is 1. The molecule has 0 saturated heterocycles. The Morgan fingerprint density at radius 2 is 1.27 bits per heavy atom. The summed E-state index contributed by atoms with van der Waals surface area (Å²) in [5.74, 6) is 0. The van der Waals surface area contributed by atoms with Gasteiger partial charge in [-0.2, -0.15) is 0 Å². The molecule has 0 spiro atoms. The van der Waals surface area contributed by atoms with Gasteiger partial charge in [0, 0.05) is 0 Å². The van der Waals surface area contributed by atoms with E-state index in [2.05, 4.69) is 33.0 Å². The molecule has 0 unspecified atom stereocenters. The second kappa shape index (κ2) is 7.27. The minimum absolute atomic E-state index is 0.750. The van der Waals surface area contributed by atoms with Gasteiger partial charge >= 0.3 is 0 Å². The molecule has 5 heteroatoms. The van der Waals surface area contributed by atoms with Crippen molar-refractivity contribution in [1.82, 2.24) is 0 Å². The van der Waals surface area contributed by atoms with Gasteiger partial charge in [-0.15, -0.1) is 0 Å². The first-order valence-corrected chi connectivity index (χ1v) is 3.52. The van der Waals surface area contributed by atoms with Gasteiger partial charge in [-0.1, -0.05) is 0 Å². The zero-order valence-corrected chi connectivity index (χ0v) is 7.40. The van der Waals surface area contributed by atoms with Gasteiger partial charge in [-0.3, -0.25) is 0 Å². The lowest BCUT2D eigenvalue weighted by molar-refractivity contribution is -0.709. The Balaban J connectivity index is 0. The molecule has 0 rings (SSSR count). The molecule has 0 aromatic heterocycles. The van der Waals surface area contributed by atoms with Gasteiger partial charge in [0.25, 0.3) is 0 Å². The second-order valence-corrected chi connectivity index (χ2v) is 2.90. The number of nitrogens with two attached hydrogens (primary N) is 1. The van der Waals surface area contributed by atoms with Gasteiger partial charge in [0.15, 0.2) is 0 Å². The lowest BCUT2D eigenvalue weighted by atomic mass is 10.3. The summed E-state index contributed by atoms with van der Waals surface area (Å²) in [7, 11) is 0. The van der Waals surface area contributed by atoms with E-state index >= 15 is 0 Å². The van der Waals surface area contributed by atoms with Gasteiger partial charge in [0.2, 0.25) is 0 Å². The fourth-order valence-electron chi connectivity index (χ4n) is 0.770. The van der Waals surface area contributed by atoms with Gasteiger partial charge in [0.05, 0.1) is 17.2 Å². The first kappa shape index (κ1) is 12.8. The summed E-state index contributed by atoms with van der Waals surface area (Å²) < 4.78 is 0. The van der Waals surface area contributed by atoms with Crippen molar-refractivity contribution in [2.75, 3.05) is 0 Å². The van der Waals surface area contributed by atoms with Crippen LogP contribution < -0.4 is 5.32 Å². The van der Waals surface area contributed by atoms with Crippen LogP contribution in [0.2, 0.25) is 0 Å². The topological polar surface area (TPSA) is 82.8 Å². The Kier molecular flexibility index (Phi) is 8.46. The van der Waals surface area contributed by atoms with Crippen molar-refractivity contribution in [3.63, 3.8) is 0 Å². The highest BCUT2D eigenvalue weighted by Crippen LogP contribution is 1.67. The molecule has 0 bridgehead atoms. The van der Waals surface area contributed by atoms with Gasteiger partial charge < -0.3 is 20.6 Å². The molecule has 0 aromatic rings. The molecule has 5 nitrogen and oxygen atoms in total. The summed E-state index contributed by atoms with van der Waals surface area (Å²) >= 11 is 0. The maximum atomic E-state index is 8.25. The largest absolute Gasteiger partial charge is 0.356 e. The molecular formula is C6H16N2O3. The molecule has 0 radical (unpaired) electrons. The SMILES string of the molecule is CC(C)[NH2+]C(C)C.O=[N+]([O-])[O-]. The molecule has 0 fully saturated rings. The van der Waals surface area contributed by atoms with E-state index in [0.717, 1.165) is 12.1 Å². The smallest absolute Gasteiger partial charge is 0.0803 e. The van der Waals surface area contributed by atoms with Crippen molar-refractivity contribution >= 4 is 0 Å². The summed E-state index contributed by atoms with van der Waals surface area (Å²) in [5.41, 5.74) is 0. The molecule has 0 saturated carbocycles. The summed E-state index contributed by atoms with van der Waals surface area (Å²) in [4.78, 5) is 8.25. The van der Waals surface area contributed by atoms with E-state index in [1.54, 1.807) is 0 Å². The average molecular weight is 164 g/mol. The van der Waals surface area contributed by atoms with E-state index in [1.807, 2.05) is 0 Å². The highest BCUT2D eigenvalue weighted by atomic mass is 16.9. The Labute approximate surface area is 66.5 Å². The van der Waals surface area contributed by atoms with Crippen LogP contribution in [0.4, 0.5) is 0 Å². The van der Waals surface area contributed by atoms with E-state index in [-0.39, 0.29) is 0 Å². The van der Waals surface area contributed by atoms with Crippen molar-refractivity contribution in [2.24, 2.45) is 0 Å². The van der Waals surface area contributed by atoms with Gasteiger partial charge in [-0.25, -0.2) is 0 Å². The molecule has 0 aliphatic heterocycles. The van der Waals surface area contributed by atoms with Gasteiger partial charge in [0.1, 0.15) is 0 Å². The minimum Gasteiger partial charge on any atom is -0.356 e. The maximum absolute atomic E-state index is 8.25. The van der Waals surface area contributed by atoms with Crippen LogP contribution in [0.5, 0.6) is 0 Å². The highest BCUT2D eigenvalue weighted by Gasteiger charge is 1.96. The van der Waals surface area contributed by atoms with Crippen LogP contribution in [0.15, 0.2) is 0 Å². The molecule has 0 amide bonds. The van der Waals surface area contributed by atoms with E-state index in [0.29, 0.717) is 0 Å². The Morgan fingerprint density at radius 3 is 1.27 bits per heavy atom. The van der Waals surface area contributed by atoms with Crippen LogP contribution >= 0.6 is 0 Å². The number of rotatable bonds is 2. The molecular weight excluding hydrogens is 148 g/mol. The molecule has 11 heavy (non-hydrogen) atoms. The van der Waals surface area contributed by atoms with Crippen LogP contribution in [0.1, 0.15) is 27.7 Å². The van der Waals surface area contributed by atoms with Crippen LogP contribution in [0.3, 0.4) is 0 Å². The fourth-order valence-corrected chi connectivity index (χ4v) is 0.770. The maximum Gasteiger partial charge on any atom is 0.0803 e. The lowest BCUT2D eigenvalue weighted by Gasteiger charge is -2.06. The van der Waals surface area contributed by atoms with E-state index < -0.39 is 5.09 Å². The number of hydrogen-bond acceptors (Lipinski definition) is 3. The van der Waals surface area contributed by atoms with Crippen molar-refractivity contribution in [1.29, 1.82) is 0 Å².